The van der Waals surface area contributed by atoms with Gasteiger partial charge in [-0.05, 0) is 67.4 Å². The molecule has 0 saturated carbocycles. The maximum absolute atomic E-state index is 13.4. The van der Waals surface area contributed by atoms with Crippen LogP contribution in [0.4, 0.5) is 5.82 Å². The van der Waals surface area contributed by atoms with Crippen LogP contribution in [0.2, 0.25) is 0 Å². The third kappa shape index (κ3) is 4.43. The average Bonchev–Trinajstić information content (AvgIpc) is 3.65. The van der Waals surface area contributed by atoms with E-state index in [0.29, 0.717) is 58.6 Å². The van der Waals surface area contributed by atoms with E-state index in [4.69, 9.17) is 24.9 Å². The highest BCUT2D eigenvalue weighted by Gasteiger charge is 2.29. The zero-order valence-corrected chi connectivity index (χ0v) is 21.6. The summed E-state index contributed by atoms with van der Waals surface area (Å²) >= 11 is 0. The molecule has 2 aliphatic heterocycles. The lowest BCUT2D eigenvalue weighted by atomic mass is 10.0. The number of carbonyl (C=O) groups excluding carboxylic acids is 1. The zero-order valence-electron chi connectivity index (χ0n) is 21.6. The molecule has 7 rings (SSSR count). The molecule has 10 nitrogen and oxygen atoms in total. The van der Waals surface area contributed by atoms with Gasteiger partial charge in [0.1, 0.15) is 17.3 Å². The lowest BCUT2D eigenvalue weighted by molar-refractivity contribution is 0.0674. The third-order valence-corrected chi connectivity index (χ3v) is 7.22. The molecule has 10 heteroatoms. The van der Waals surface area contributed by atoms with E-state index in [1.807, 2.05) is 64.2 Å². The highest BCUT2D eigenvalue weighted by Crippen LogP contribution is 2.34. The van der Waals surface area contributed by atoms with Gasteiger partial charge >= 0.3 is 0 Å². The van der Waals surface area contributed by atoms with Crippen molar-refractivity contribution in [2.45, 2.75) is 18.9 Å². The number of likely N-dealkylation sites (tertiary alicyclic amines) is 1. The van der Waals surface area contributed by atoms with Crippen LogP contribution in [0.3, 0.4) is 0 Å². The van der Waals surface area contributed by atoms with Crippen LogP contribution < -0.4 is 19.9 Å². The first-order chi connectivity index (χ1) is 19.6. The number of benzene rings is 3. The van der Waals surface area contributed by atoms with E-state index in [9.17, 15) is 4.79 Å². The molecular formula is C30H26N6O4. The van der Waals surface area contributed by atoms with Crippen LogP contribution in [-0.4, -0.2) is 50.4 Å². The second-order valence-corrected chi connectivity index (χ2v) is 9.81. The number of carbonyl (C=O) groups is 1. The number of amides is 1. The van der Waals surface area contributed by atoms with Crippen LogP contribution in [0, 0.1) is 0 Å². The minimum absolute atomic E-state index is 0.0481. The number of nitrogens with two attached hydrogens (primary N) is 1. The van der Waals surface area contributed by atoms with Crippen molar-refractivity contribution in [1.29, 1.82) is 0 Å². The average molecular weight is 535 g/mol. The fourth-order valence-electron chi connectivity index (χ4n) is 5.19. The number of rotatable bonds is 5. The number of para-hydroxylation sites is 1. The molecule has 40 heavy (non-hydrogen) atoms. The summed E-state index contributed by atoms with van der Waals surface area (Å²) in [5.41, 5.74) is 8.38. The standard InChI is InChI=1S/C30H26N6O4/c31-27-24-16-32-36(21-5-4-14-35(17-21)30(37)20-10-13-25-26(15-20)39-18-38-25)29(24)34-28(33-27)19-8-11-23(12-9-19)40-22-6-2-1-3-7-22/h1-3,6-13,15-16,21H,4-5,14,17-18H2,(H2,31,33,34)/t21-/m1/s1. The summed E-state index contributed by atoms with van der Waals surface area (Å²) in [7, 11) is 0. The molecule has 0 aliphatic carbocycles. The van der Waals surface area contributed by atoms with E-state index < -0.39 is 0 Å². The van der Waals surface area contributed by atoms with Crippen molar-refractivity contribution in [3.05, 3.63) is 84.6 Å². The van der Waals surface area contributed by atoms with Crippen molar-refractivity contribution >= 4 is 22.8 Å². The summed E-state index contributed by atoms with van der Waals surface area (Å²) in [6.07, 6.45) is 3.41. The second kappa shape index (κ2) is 9.88. The number of hydrogen-bond acceptors (Lipinski definition) is 8. The molecule has 1 fully saturated rings. The normalized spacial score (nSPS) is 16.3. The molecule has 2 N–H and O–H groups in total. The molecule has 0 spiro atoms. The molecule has 2 aromatic heterocycles. The highest BCUT2D eigenvalue weighted by molar-refractivity contribution is 5.95. The first kappa shape index (κ1) is 24.0. The van der Waals surface area contributed by atoms with Gasteiger partial charge in [0.2, 0.25) is 6.79 Å². The number of ether oxygens (including phenoxy) is 3. The number of nitrogen functional groups attached to an aromatic ring is 1. The van der Waals surface area contributed by atoms with Crippen molar-refractivity contribution in [1.82, 2.24) is 24.6 Å². The number of anilines is 1. The van der Waals surface area contributed by atoms with Crippen LogP contribution in [0.25, 0.3) is 22.4 Å². The number of piperidine rings is 1. The lowest BCUT2D eigenvalue weighted by Crippen LogP contribution is -2.41. The summed E-state index contributed by atoms with van der Waals surface area (Å²) in [5, 5.41) is 5.32. The summed E-state index contributed by atoms with van der Waals surface area (Å²) in [6.45, 7) is 1.35. The summed E-state index contributed by atoms with van der Waals surface area (Å²) in [6, 6.07) is 22.4. The maximum Gasteiger partial charge on any atom is 0.254 e. The smallest absolute Gasteiger partial charge is 0.254 e. The maximum atomic E-state index is 13.4. The molecular weight excluding hydrogens is 508 g/mol. The van der Waals surface area contributed by atoms with Gasteiger partial charge in [-0.2, -0.15) is 5.10 Å². The van der Waals surface area contributed by atoms with E-state index in [0.717, 1.165) is 24.2 Å². The van der Waals surface area contributed by atoms with Gasteiger partial charge in [0, 0.05) is 24.2 Å². The van der Waals surface area contributed by atoms with Crippen LogP contribution in [0.5, 0.6) is 23.0 Å². The van der Waals surface area contributed by atoms with E-state index >= 15 is 0 Å². The largest absolute Gasteiger partial charge is 0.457 e. The number of fused-ring (bicyclic) bond motifs is 2. The molecule has 0 unspecified atom stereocenters. The van der Waals surface area contributed by atoms with E-state index in [1.165, 1.54) is 0 Å². The molecule has 0 bridgehead atoms. The van der Waals surface area contributed by atoms with Gasteiger partial charge in [-0.1, -0.05) is 18.2 Å². The fraction of sp³-hybridized carbons (Fsp3) is 0.200. The van der Waals surface area contributed by atoms with E-state index in [2.05, 4.69) is 10.1 Å². The molecule has 1 amide bonds. The Labute approximate surface area is 229 Å². The van der Waals surface area contributed by atoms with Crippen molar-refractivity contribution in [3.63, 3.8) is 0 Å². The Morgan fingerprint density at radius 1 is 0.950 bits per heavy atom. The molecule has 5 aromatic rings. The number of hydrogen-bond donors (Lipinski definition) is 1. The topological polar surface area (TPSA) is 118 Å². The van der Waals surface area contributed by atoms with Gasteiger partial charge < -0.3 is 24.8 Å². The molecule has 0 radical (unpaired) electrons. The first-order valence-electron chi connectivity index (χ1n) is 13.2. The summed E-state index contributed by atoms with van der Waals surface area (Å²) in [4.78, 5) is 24.6. The Hall–Kier alpha value is -5.12. The van der Waals surface area contributed by atoms with Gasteiger partial charge in [0.05, 0.1) is 17.6 Å². The minimum atomic E-state index is -0.0490. The van der Waals surface area contributed by atoms with Crippen molar-refractivity contribution < 1.29 is 19.0 Å². The van der Waals surface area contributed by atoms with Crippen LogP contribution in [0.1, 0.15) is 29.2 Å². The number of nitrogens with zero attached hydrogens (tertiary/aromatic N) is 5. The van der Waals surface area contributed by atoms with Crippen molar-refractivity contribution in [2.75, 3.05) is 25.6 Å². The Kier molecular flexibility index (Phi) is 5.92. The molecule has 2 aliphatic rings. The van der Waals surface area contributed by atoms with Gasteiger partial charge in [-0.15, -0.1) is 0 Å². The monoisotopic (exact) mass is 534 g/mol. The minimum Gasteiger partial charge on any atom is -0.457 e. The van der Waals surface area contributed by atoms with E-state index in [-0.39, 0.29) is 18.7 Å². The second-order valence-electron chi connectivity index (χ2n) is 9.81. The molecule has 3 aromatic carbocycles. The van der Waals surface area contributed by atoms with Gasteiger partial charge in [0.25, 0.3) is 5.91 Å². The predicted octanol–water partition coefficient (Wildman–Crippen LogP) is 5.07. The van der Waals surface area contributed by atoms with Crippen molar-refractivity contribution in [3.8, 4) is 34.4 Å². The van der Waals surface area contributed by atoms with Crippen LogP contribution in [-0.2, 0) is 0 Å². The molecule has 4 heterocycles. The molecule has 1 saturated heterocycles. The van der Waals surface area contributed by atoms with Gasteiger partial charge in [-0.25, -0.2) is 14.6 Å². The molecule has 200 valence electrons. The lowest BCUT2D eigenvalue weighted by Gasteiger charge is -2.33. The Balaban J connectivity index is 1.14. The SMILES string of the molecule is Nc1nc(-c2ccc(Oc3ccccc3)cc2)nc2c1cnn2[C@@H]1CCCN(C(=O)c2ccc3c(c2)OCO3)C1. The summed E-state index contributed by atoms with van der Waals surface area (Å²) in [5.74, 6) is 3.54. The summed E-state index contributed by atoms with van der Waals surface area (Å²) < 4.78 is 18.6. The molecule has 1 atom stereocenters. The third-order valence-electron chi connectivity index (χ3n) is 7.22. The van der Waals surface area contributed by atoms with Gasteiger partial charge in [0.15, 0.2) is 23.0 Å². The predicted molar refractivity (Wildman–Crippen MR) is 148 cm³/mol. The Morgan fingerprint density at radius 2 is 1.75 bits per heavy atom. The zero-order chi connectivity index (χ0) is 27.1. The Morgan fingerprint density at radius 3 is 2.60 bits per heavy atom. The van der Waals surface area contributed by atoms with Crippen molar-refractivity contribution in [2.24, 2.45) is 0 Å². The fourth-order valence-corrected chi connectivity index (χ4v) is 5.19. The van der Waals surface area contributed by atoms with Gasteiger partial charge in [-0.3, -0.25) is 4.79 Å². The van der Waals surface area contributed by atoms with Crippen LogP contribution in [0.15, 0.2) is 79.0 Å². The van der Waals surface area contributed by atoms with Crippen LogP contribution >= 0.6 is 0 Å². The highest BCUT2D eigenvalue weighted by atomic mass is 16.7. The number of aromatic nitrogens is 4. The van der Waals surface area contributed by atoms with E-state index in [1.54, 1.807) is 24.4 Å². The quantitative estimate of drug-likeness (QED) is 0.332. The Bertz CT molecular complexity index is 1700. The first-order valence-corrected chi connectivity index (χ1v) is 13.2.